The lowest BCUT2D eigenvalue weighted by Crippen LogP contribution is -2.25. The number of H-pyrrole nitrogens is 1. The molecule has 1 unspecified atom stereocenters. The zero-order chi connectivity index (χ0) is 15.4. The SMILES string of the molecule is CC(=Cc1ccccc1)CN(C)C(C)c1c(C)n[nH]c1C. The Morgan fingerprint density at radius 2 is 1.95 bits per heavy atom. The minimum atomic E-state index is 0.350. The number of aromatic nitrogens is 2. The molecule has 1 N–H and O–H groups in total. The average Bonchev–Trinajstić information content (AvgIpc) is 2.78. The fourth-order valence-electron chi connectivity index (χ4n) is 2.81. The first kappa shape index (κ1) is 15.5. The summed E-state index contributed by atoms with van der Waals surface area (Å²) >= 11 is 0. The van der Waals surface area contributed by atoms with Gasteiger partial charge in [-0.25, -0.2) is 0 Å². The number of hydrogen-bond donors (Lipinski definition) is 1. The first-order valence-electron chi connectivity index (χ1n) is 7.43. The number of likely N-dealkylation sites (N-methyl/N-ethyl adjacent to an activating group) is 1. The molecule has 112 valence electrons. The number of hydrogen-bond acceptors (Lipinski definition) is 2. The van der Waals surface area contributed by atoms with Gasteiger partial charge in [0.25, 0.3) is 0 Å². The van der Waals surface area contributed by atoms with Crippen molar-refractivity contribution < 1.29 is 0 Å². The van der Waals surface area contributed by atoms with E-state index in [0.29, 0.717) is 6.04 Å². The molecule has 1 aromatic heterocycles. The summed E-state index contributed by atoms with van der Waals surface area (Å²) in [4.78, 5) is 2.36. The smallest absolute Gasteiger partial charge is 0.0641 e. The monoisotopic (exact) mass is 283 g/mol. The van der Waals surface area contributed by atoms with E-state index >= 15 is 0 Å². The van der Waals surface area contributed by atoms with Gasteiger partial charge in [0.05, 0.1) is 5.69 Å². The molecule has 0 saturated carbocycles. The van der Waals surface area contributed by atoms with Gasteiger partial charge in [0, 0.05) is 23.8 Å². The van der Waals surface area contributed by atoms with E-state index in [1.165, 1.54) is 16.7 Å². The van der Waals surface area contributed by atoms with Gasteiger partial charge in [-0.05, 0) is 40.3 Å². The second-order valence-corrected chi connectivity index (χ2v) is 5.84. The molecule has 0 bridgehead atoms. The summed E-state index contributed by atoms with van der Waals surface area (Å²) in [5, 5.41) is 7.37. The van der Waals surface area contributed by atoms with Crippen LogP contribution in [0, 0.1) is 13.8 Å². The summed E-state index contributed by atoms with van der Waals surface area (Å²) in [6, 6.07) is 10.8. The van der Waals surface area contributed by atoms with Crippen molar-refractivity contribution in [3.63, 3.8) is 0 Å². The first-order chi connectivity index (χ1) is 9.99. The molecule has 0 amide bonds. The first-order valence-corrected chi connectivity index (χ1v) is 7.43. The van der Waals surface area contributed by atoms with Crippen LogP contribution in [0.25, 0.3) is 6.08 Å². The zero-order valence-electron chi connectivity index (χ0n) is 13.6. The largest absolute Gasteiger partial charge is 0.296 e. The highest BCUT2D eigenvalue weighted by Gasteiger charge is 2.18. The van der Waals surface area contributed by atoms with Crippen LogP contribution in [0.3, 0.4) is 0 Å². The molecule has 0 aliphatic carbocycles. The van der Waals surface area contributed by atoms with Gasteiger partial charge in [0.1, 0.15) is 0 Å². The van der Waals surface area contributed by atoms with Crippen molar-refractivity contribution in [1.82, 2.24) is 15.1 Å². The van der Waals surface area contributed by atoms with Crippen LogP contribution in [0.5, 0.6) is 0 Å². The third kappa shape index (κ3) is 3.82. The minimum Gasteiger partial charge on any atom is -0.296 e. The molecule has 0 aliphatic rings. The van der Waals surface area contributed by atoms with Gasteiger partial charge in [-0.3, -0.25) is 10.00 Å². The number of aromatic amines is 1. The molecule has 3 nitrogen and oxygen atoms in total. The normalized spacial score (nSPS) is 13.7. The van der Waals surface area contributed by atoms with E-state index < -0.39 is 0 Å². The van der Waals surface area contributed by atoms with Crippen LogP contribution in [-0.4, -0.2) is 28.7 Å². The summed E-state index contributed by atoms with van der Waals surface area (Å²) in [5.41, 5.74) is 6.18. The molecule has 0 spiro atoms. The van der Waals surface area contributed by atoms with Crippen LogP contribution in [-0.2, 0) is 0 Å². The Balaban J connectivity index is 2.07. The van der Waals surface area contributed by atoms with Crippen LogP contribution >= 0.6 is 0 Å². The molecular weight excluding hydrogens is 258 g/mol. The lowest BCUT2D eigenvalue weighted by Gasteiger charge is -2.25. The maximum Gasteiger partial charge on any atom is 0.0641 e. The van der Waals surface area contributed by atoms with Gasteiger partial charge in [-0.1, -0.05) is 42.0 Å². The van der Waals surface area contributed by atoms with Crippen molar-refractivity contribution in [2.24, 2.45) is 0 Å². The molecule has 2 rings (SSSR count). The second kappa shape index (κ2) is 6.72. The second-order valence-electron chi connectivity index (χ2n) is 5.84. The molecule has 21 heavy (non-hydrogen) atoms. The Bertz CT molecular complexity index is 591. The van der Waals surface area contributed by atoms with Crippen molar-refractivity contribution in [3.05, 3.63) is 58.4 Å². The molecule has 1 heterocycles. The fraction of sp³-hybridized carbons (Fsp3) is 0.389. The van der Waals surface area contributed by atoms with Crippen molar-refractivity contribution in [2.75, 3.05) is 13.6 Å². The molecule has 0 radical (unpaired) electrons. The molecule has 0 saturated heterocycles. The third-order valence-electron chi connectivity index (χ3n) is 3.98. The topological polar surface area (TPSA) is 31.9 Å². The van der Waals surface area contributed by atoms with Crippen molar-refractivity contribution in [2.45, 2.75) is 33.7 Å². The summed E-state index contributed by atoms with van der Waals surface area (Å²) in [6.07, 6.45) is 2.25. The Morgan fingerprint density at radius 1 is 1.29 bits per heavy atom. The third-order valence-corrected chi connectivity index (χ3v) is 3.98. The summed E-state index contributed by atoms with van der Waals surface area (Å²) in [7, 11) is 2.17. The summed E-state index contributed by atoms with van der Waals surface area (Å²) in [5.74, 6) is 0. The van der Waals surface area contributed by atoms with Gasteiger partial charge >= 0.3 is 0 Å². The van der Waals surface area contributed by atoms with Gasteiger partial charge in [-0.2, -0.15) is 5.10 Å². The van der Waals surface area contributed by atoms with Crippen molar-refractivity contribution >= 4 is 6.08 Å². The number of rotatable bonds is 5. The van der Waals surface area contributed by atoms with Crippen molar-refractivity contribution in [1.29, 1.82) is 0 Å². The number of nitrogens with zero attached hydrogens (tertiary/aromatic N) is 2. The van der Waals surface area contributed by atoms with E-state index in [2.05, 4.69) is 80.2 Å². The molecule has 3 heteroatoms. The number of aryl methyl sites for hydroxylation is 2. The standard InChI is InChI=1S/C18H25N3/c1-13(11-17-9-7-6-8-10-17)12-21(5)16(4)18-14(2)19-20-15(18)3/h6-11,16H,12H2,1-5H3,(H,19,20). The molecule has 2 aromatic rings. The molecule has 0 aliphatic heterocycles. The quantitative estimate of drug-likeness (QED) is 0.895. The molecule has 1 atom stereocenters. The number of benzene rings is 1. The molecular formula is C18H25N3. The van der Waals surface area contributed by atoms with E-state index in [9.17, 15) is 0 Å². The highest BCUT2D eigenvalue weighted by atomic mass is 15.2. The Kier molecular flexibility index (Phi) is 4.97. The van der Waals surface area contributed by atoms with E-state index in [1.54, 1.807) is 0 Å². The van der Waals surface area contributed by atoms with Crippen LogP contribution in [0.15, 0.2) is 35.9 Å². The van der Waals surface area contributed by atoms with E-state index in [0.717, 1.165) is 17.9 Å². The maximum atomic E-state index is 4.30. The Morgan fingerprint density at radius 3 is 2.52 bits per heavy atom. The zero-order valence-corrected chi connectivity index (χ0v) is 13.6. The van der Waals surface area contributed by atoms with Crippen LogP contribution in [0.4, 0.5) is 0 Å². The predicted molar refractivity (Wildman–Crippen MR) is 89.2 cm³/mol. The van der Waals surface area contributed by atoms with Crippen LogP contribution < -0.4 is 0 Å². The summed E-state index contributed by atoms with van der Waals surface area (Å²) in [6.45, 7) is 9.52. The summed E-state index contributed by atoms with van der Waals surface area (Å²) < 4.78 is 0. The Labute approximate surface area is 127 Å². The maximum absolute atomic E-state index is 4.30. The van der Waals surface area contributed by atoms with E-state index in [1.807, 2.05) is 6.07 Å². The van der Waals surface area contributed by atoms with Gasteiger partial charge in [0.2, 0.25) is 0 Å². The highest BCUT2D eigenvalue weighted by Crippen LogP contribution is 2.24. The van der Waals surface area contributed by atoms with Gasteiger partial charge in [-0.15, -0.1) is 0 Å². The van der Waals surface area contributed by atoms with Gasteiger partial charge in [0.15, 0.2) is 0 Å². The van der Waals surface area contributed by atoms with Crippen molar-refractivity contribution in [3.8, 4) is 0 Å². The molecule has 1 aromatic carbocycles. The lowest BCUT2D eigenvalue weighted by atomic mass is 10.0. The number of nitrogens with one attached hydrogen (secondary N) is 1. The lowest BCUT2D eigenvalue weighted by molar-refractivity contribution is 0.282. The van der Waals surface area contributed by atoms with Gasteiger partial charge < -0.3 is 0 Å². The van der Waals surface area contributed by atoms with Crippen LogP contribution in [0.1, 0.15) is 42.4 Å². The van der Waals surface area contributed by atoms with Crippen LogP contribution in [0.2, 0.25) is 0 Å². The Hall–Kier alpha value is -1.87. The van der Waals surface area contributed by atoms with E-state index in [4.69, 9.17) is 0 Å². The molecule has 0 fully saturated rings. The highest BCUT2D eigenvalue weighted by molar-refractivity contribution is 5.52. The minimum absolute atomic E-state index is 0.350. The fourth-order valence-corrected chi connectivity index (χ4v) is 2.81. The average molecular weight is 283 g/mol. The predicted octanol–water partition coefficient (Wildman–Crippen LogP) is 4.12. The van der Waals surface area contributed by atoms with E-state index in [-0.39, 0.29) is 0 Å².